The van der Waals surface area contributed by atoms with Gasteiger partial charge in [0.2, 0.25) is 0 Å². The van der Waals surface area contributed by atoms with Crippen LogP contribution in [0.25, 0.3) is 20.4 Å². The molecule has 114 valence electrons. The van der Waals surface area contributed by atoms with Gasteiger partial charge >= 0.3 is 0 Å². The van der Waals surface area contributed by atoms with Crippen molar-refractivity contribution >= 4 is 37.5 Å². The summed E-state index contributed by atoms with van der Waals surface area (Å²) in [6.07, 6.45) is 9.35. The van der Waals surface area contributed by atoms with E-state index in [2.05, 4.69) is 15.3 Å². The van der Waals surface area contributed by atoms with E-state index in [0.717, 1.165) is 39.0 Å². The van der Waals surface area contributed by atoms with Crippen LogP contribution in [-0.2, 0) is 0 Å². The Morgan fingerprint density at radius 3 is 2.86 bits per heavy atom. The van der Waals surface area contributed by atoms with Crippen molar-refractivity contribution in [3.8, 4) is 0 Å². The highest BCUT2D eigenvalue weighted by atomic mass is 32.1. The summed E-state index contributed by atoms with van der Waals surface area (Å²) in [5, 5.41) is 4.12. The zero-order valence-electron chi connectivity index (χ0n) is 12.5. The first kappa shape index (κ1) is 13.7. The predicted octanol–water partition coefficient (Wildman–Crippen LogP) is 3.55. The Kier molecular flexibility index (Phi) is 3.33. The molecule has 3 aromatic rings. The lowest BCUT2D eigenvalue weighted by molar-refractivity contribution is 0.345. The molecular formula is C16H18N4OS. The molecule has 0 amide bonds. The number of thiophene rings is 1. The molecule has 3 heterocycles. The summed E-state index contributed by atoms with van der Waals surface area (Å²) < 4.78 is 2.56. The maximum absolute atomic E-state index is 12.9. The number of fused-ring (bicyclic) bond motifs is 3. The average Bonchev–Trinajstić information content (AvgIpc) is 2.96. The summed E-state index contributed by atoms with van der Waals surface area (Å²) >= 11 is 1.45. The standard InChI is InChI=1S/C16H18N4OS/c1-17-11-7-8-18-15-12(11)13-14(22-15)16(21)20(9-19-13)10-5-3-2-4-6-10/h7-10H,2-6H2,1H3,(H,17,18). The largest absolute Gasteiger partial charge is 0.387 e. The lowest BCUT2D eigenvalue weighted by Crippen LogP contribution is -2.26. The summed E-state index contributed by atoms with van der Waals surface area (Å²) in [6, 6.07) is 2.23. The fraction of sp³-hybridized carbons (Fsp3) is 0.438. The van der Waals surface area contributed by atoms with Crippen LogP contribution in [0.5, 0.6) is 0 Å². The van der Waals surface area contributed by atoms with E-state index < -0.39 is 0 Å². The minimum Gasteiger partial charge on any atom is -0.387 e. The lowest BCUT2D eigenvalue weighted by Gasteiger charge is -2.23. The molecule has 0 saturated heterocycles. The Morgan fingerprint density at radius 2 is 2.09 bits per heavy atom. The van der Waals surface area contributed by atoms with Crippen LogP contribution in [-0.4, -0.2) is 21.6 Å². The highest BCUT2D eigenvalue weighted by molar-refractivity contribution is 7.25. The van der Waals surface area contributed by atoms with Gasteiger partial charge in [-0.2, -0.15) is 0 Å². The number of rotatable bonds is 2. The van der Waals surface area contributed by atoms with Gasteiger partial charge in [-0.1, -0.05) is 19.3 Å². The van der Waals surface area contributed by atoms with E-state index >= 15 is 0 Å². The third-order valence-electron chi connectivity index (χ3n) is 4.54. The molecule has 0 unspecified atom stereocenters. The van der Waals surface area contributed by atoms with Crippen LogP contribution < -0.4 is 10.9 Å². The first-order valence-corrected chi connectivity index (χ1v) is 8.57. The molecule has 0 radical (unpaired) electrons. The number of hydrogen-bond donors (Lipinski definition) is 1. The SMILES string of the molecule is CNc1ccnc2sc3c(=O)n(C4CCCCC4)cnc3c12. The third kappa shape index (κ3) is 2.01. The molecular weight excluding hydrogens is 296 g/mol. The molecule has 0 bridgehead atoms. The van der Waals surface area contributed by atoms with Crippen molar-refractivity contribution in [1.29, 1.82) is 0 Å². The maximum atomic E-state index is 12.9. The van der Waals surface area contributed by atoms with E-state index in [-0.39, 0.29) is 5.56 Å². The molecule has 0 spiro atoms. The van der Waals surface area contributed by atoms with E-state index in [0.29, 0.717) is 6.04 Å². The van der Waals surface area contributed by atoms with E-state index in [1.165, 1.54) is 30.6 Å². The molecule has 22 heavy (non-hydrogen) atoms. The highest BCUT2D eigenvalue weighted by Crippen LogP contribution is 2.34. The summed E-state index contributed by atoms with van der Waals surface area (Å²) in [6.45, 7) is 0. The normalized spacial score (nSPS) is 16.4. The zero-order valence-corrected chi connectivity index (χ0v) is 13.3. The minimum atomic E-state index is 0.0851. The molecule has 4 rings (SSSR count). The van der Waals surface area contributed by atoms with Crippen LogP contribution in [0.4, 0.5) is 5.69 Å². The van der Waals surface area contributed by atoms with Gasteiger partial charge in [-0.15, -0.1) is 11.3 Å². The fourth-order valence-corrected chi connectivity index (χ4v) is 4.45. The predicted molar refractivity (Wildman–Crippen MR) is 90.8 cm³/mol. The van der Waals surface area contributed by atoms with Crippen molar-refractivity contribution < 1.29 is 0 Å². The van der Waals surface area contributed by atoms with Crippen LogP contribution >= 0.6 is 11.3 Å². The monoisotopic (exact) mass is 314 g/mol. The van der Waals surface area contributed by atoms with E-state index in [9.17, 15) is 4.79 Å². The molecule has 1 saturated carbocycles. The Bertz CT molecular complexity index is 892. The van der Waals surface area contributed by atoms with Gasteiger partial charge in [0.05, 0.1) is 17.2 Å². The quantitative estimate of drug-likeness (QED) is 0.786. The topological polar surface area (TPSA) is 59.8 Å². The molecule has 1 aliphatic rings. The number of pyridine rings is 1. The van der Waals surface area contributed by atoms with Gasteiger partial charge in [0, 0.05) is 25.0 Å². The second-order valence-corrected chi connectivity index (χ2v) is 6.82. The van der Waals surface area contributed by atoms with Crippen molar-refractivity contribution in [3.63, 3.8) is 0 Å². The molecule has 3 aromatic heterocycles. The summed E-state index contributed by atoms with van der Waals surface area (Å²) in [5.41, 5.74) is 1.83. The van der Waals surface area contributed by atoms with Crippen LogP contribution in [0.1, 0.15) is 38.1 Å². The van der Waals surface area contributed by atoms with Crippen molar-refractivity contribution in [3.05, 3.63) is 28.9 Å². The minimum absolute atomic E-state index is 0.0851. The first-order chi connectivity index (χ1) is 10.8. The van der Waals surface area contributed by atoms with Crippen LogP contribution in [0, 0.1) is 0 Å². The lowest BCUT2D eigenvalue weighted by atomic mass is 9.95. The van der Waals surface area contributed by atoms with Gasteiger partial charge in [-0.25, -0.2) is 9.97 Å². The van der Waals surface area contributed by atoms with Gasteiger partial charge in [0.15, 0.2) is 0 Å². The molecule has 1 aliphatic carbocycles. The average molecular weight is 314 g/mol. The van der Waals surface area contributed by atoms with Gasteiger partial charge < -0.3 is 5.32 Å². The zero-order chi connectivity index (χ0) is 15.1. The number of anilines is 1. The molecule has 1 fully saturated rings. The summed E-state index contributed by atoms with van der Waals surface area (Å²) in [5.74, 6) is 0. The van der Waals surface area contributed by atoms with E-state index in [1.807, 2.05) is 17.7 Å². The molecule has 0 aliphatic heterocycles. The second kappa shape index (κ2) is 5.35. The Hall–Kier alpha value is -1.95. The van der Waals surface area contributed by atoms with Gasteiger partial charge in [-0.05, 0) is 18.9 Å². The number of nitrogens with one attached hydrogen (secondary N) is 1. The Labute approximate surface area is 132 Å². The second-order valence-electron chi connectivity index (χ2n) is 5.82. The maximum Gasteiger partial charge on any atom is 0.271 e. The fourth-order valence-electron chi connectivity index (χ4n) is 3.39. The van der Waals surface area contributed by atoms with Gasteiger partial charge in [0.1, 0.15) is 9.53 Å². The highest BCUT2D eigenvalue weighted by Gasteiger charge is 2.20. The van der Waals surface area contributed by atoms with Gasteiger partial charge in [-0.3, -0.25) is 9.36 Å². The van der Waals surface area contributed by atoms with E-state index in [4.69, 9.17) is 0 Å². The Morgan fingerprint density at radius 1 is 1.27 bits per heavy atom. The van der Waals surface area contributed by atoms with Crippen molar-refractivity contribution in [2.24, 2.45) is 0 Å². The van der Waals surface area contributed by atoms with Crippen LogP contribution in [0.3, 0.4) is 0 Å². The van der Waals surface area contributed by atoms with Crippen molar-refractivity contribution in [1.82, 2.24) is 14.5 Å². The molecule has 1 N–H and O–H groups in total. The number of nitrogens with zero attached hydrogens (tertiary/aromatic N) is 3. The number of aromatic nitrogens is 3. The Balaban J connectivity index is 1.96. The molecule has 0 atom stereocenters. The summed E-state index contributed by atoms with van der Waals surface area (Å²) in [7, 11) is 1.88. The molecule has 0 aromatic carbocycles. The molecule has 6 heteroatoms. The van der Waals surface area contributed by atoms with Crippen LogP contribution in [0.2, 0.25) is 0 Å². The first-order valence-electron chi connectivity index (χ1n) is 7.75. The van der Waals surface area contributed by atoms with Crippen molar-refractivity contribution in [2.45, 2.75) is 38.1 Å². The van der Waals surface area contributed by atoms with Crippen molar-refractivity contribution in [2.75, 3.05) is 12.4 Å². The third-order valence-corrected chi connectivity index (χ3v) is 5.62. The molecule has 5 nitrogen and oxygen atoms in total. The van der Waals surface area contributed by atoms with Gasteiger partial charge in [0.25, 0.3) is 5.56 Å². The van der Waals surface area contributed by atoms with E-state index in [1.54, 1.807) is 12.5 Å². The smallest absolute Gasteiger partial charge is 0.271 e. The summed E-state index contributed by atoms with van der Waals surface area (Å²) in [4.78, 5) is 22.8. The van der Waals surface area contributed by atoms with Crippen LogP contribution in [0.15, 0.2) is 23.4 Å². The number of hydrogen-bond acceptors (Lipinski definition) is 5.